The zero-order valence-electron chi connectivity index (χ0n) is 20.2. The van der Waals surface area contributed by atoms with Crippen molar-refractivity contribution in [2.45, 2.75) is 52.4 Å². The van der Waals surface area contributed by atoms with E-state index in [4.69, 9.17) is 9.68 Å². The Morgan fingerprint density at radius 3 is 2.82 bits per heavy atom. The smallest absolute Gasteiger partial charge is 0.252 e. The van der Waals surface area contributed by atoms with E-state index in [0.29, 0.717) is 5.89 Å². The van der Waals surface area contributed by atoms with Gasteiger partial charge in [0.2, 0.25) is 0 Å². The fourth-order valence-electron chi connectivity index (χ4n) is 5.23. The van der Waals surface area contributed by atoms with E-state index in [1.54, 1.807) is 28.6 Å². The minimum atomic E-state index is -0.0815. The molecule has 34 heavy (non-hydrogen) atoms. The number of nitriles is 1. The van der Waals surface area contributed by atoms with Crippen LogP contribution in [-0.4, -0.2) is 49.4 Å². The van der Waals surface area contributed by atoms with Crippen LogP contribution < -0.4 is 10.5 Å². The van der Waals surface area contributed by atoms with E-state index in [9.17, 15) is 4.79 Å². The first-order valence-electron chi connectivity index (χ1n) is 11.6. The number of para-hydroxylation sites is 1. The van der Waals surface area contributed by atoms with Crippen LogP contribution in [0, 0.1) is 18.3 Å². The summed E-state index contributed by atoms with van der Waals surface area (Å²) in [5.74, 6) is 0.673. The number of anilines is 1. The van der Waals surface area contributed by atoms with Gasteiger partial charge in [0.1, 0.15) is 17.6 Å². The average molecular weight is 460 g/mol. The Bertz CT molecular complexity index is 1470. The van der Waals surface area contributed by atoms with Gasteiger partial charge in [-0.15, -0.1) is 0 Å². The molecule has 1 saturated heterocycles. The van der Waals surface area contributed by atoms with Gasteiger partial charge in [0.05, 0.1) is 23.5 Å². The monoisotopic (exact) mass is 459 g/mol. The summed E-state index contributed by atoms with van der Waals surface area (Å²) in [6.45, 7) is 10.2. The van der Waals surface area contributed by atoms with E-state index in [-0.39, 0.29) is 30.2 Å². The van der Waals surface area contributed by atoms with Crippen LogP contribution >= 0.6 is 0 Å². The Labute approximate surface area is 197 Å². The van der Waals surface area contributed by atoms with E-state index in [1.807, 2.05) is 19.1 Å². The zero-order chi connectivity index (χ0) is 24.1. The molecule has 0 bridgehead atoms. The SMILES string of the molecule is Cc1nc2cccc(C(C)N3C[C@H](C)N(c4cc(=O)n(C)c5cn(CC#N)nc45)C[C@H]3C)c2o1. The number of fused-ring (bicyclic) bond motifs is 2. The third-order valence-electron chi connectivity index (χ3n) is 7.01. The molecule has 1 unspecified atom stereocenters. The van der Waals surface area contributed by atoms with Crippen molar-refractivity contribution in [2.24, 2.45) is 7.05 Å². The van der Waals surface area contributed by atoms with Crippen molar-refractivity contribution in [3.05, 3.63) is 52.3 Å². The normalized spacial score (nSPS) is 20.2. The first kappa shape index (κ1) is 22.2. The summed E-state index contributed by atoms with van der Waals surface area (Å²) in [4.78, 5) is 22.0. The molecule has 1 aromatic carbocycles. The van der Waals surface area contributed by atoms with Crippen molar-refractivity contribution in [3.8, 4) is 6.07 Å². The lowest BCUT2D eigenvalue weighted by Gasteiger charge is -2.47. The summed E-state index contributed by atoms with van der Waals surface area (Å²) in [6.07, 6.45) is 1.77. The summed E-state index contributed by atoms with van der Waals surface area (Å²) >= 11 is 0. The van der Waals surface area contributed by atoms with E-state index < -0.39 is 0 Å². The summed E-state index contributed by atoms with van der Waals surface area (Å²) in [5.41, 5.74) is 5.11. The second-order valence-corrected chi connectivity index (χ2v) is 9.30. The minimum absolute atomic E-state index is 0.0815. The Balaban J connectivity index is 1.48. The second-order valence-electron chi connectivity index (χ2n) is 9.30. The Kier molecular flexibility index (Phi) is 5.41. The first-order valence-corrected chi connectivity index (χ1v) is 11.6. The number of rotatable bonds is 4. The molecular weight excluding hydrogens is 430 g/mol. The molecule has 3 atom stereocenters. The first-order chi connectivity index (χ1) is 16.3. The molecule has 1 aliphatic heterocycles. The Hall–Kier alpha value is -3.64. The van der Waals surface area contributed by atoms with Crippen molar-refractivity contribution in [3.63, 3.8) is 0 Å². The molecule has 4 aromatic rings. The summed E-state index contributed by atoms with van der Waals surface area (Å²) in [5, 5.41) is 13.7. The number of piperazine rings is 1. The van der Waals surface area contributed by atoms with Crippen LogP contribution in [0.1, 0.15) is 38.3 Å². The zero-order valence-corrected chi connectivity index (χ0v) is 20.2. The summed E-state index contributed by atoms with van der Waals surface area (Å²) < 4.78 is 9.13. The molecule has 1 fully saturated rings. The number of hydrogen-bond acceptors (Lipinski definition) is 7. The van der Waals surface area contributed by atoms with Gasteiger partial charge in [-0.2, -0.15) is 10.4 Å². The number of aryl methyl sites for hydroxylation is 2. The number of aromatic nitrogens is 4. The van der Waals surface area contributed by atoms with Gasteiger partial charge in [0, 0.05) is 56.8 Å². The highest BCUT2D eigenvalue weighted by molar-refractivity contribution is 5.88. The van der Waals surface area contributed by atoms with Crippen molar-refractivity contribution in [2.75, 3.05) is 18.0 Å². The molecule has 3 aromatic heterocycles. The van der Waals surface area contributed by atoms with Gasteiger partial charge in [-0.3, -0.25) is 14.4 Å². The van der Waals surface area contributed by atoms with Crippen LogP contribution in [-0.2, 0) is 13.6 Å². The topological polar surface area (TPSA) is 96.1 Å². The molecule has 0 amide bonds. The third kappa shape index (κ3) is 3.55. The van der Waals surface area contributed by atoms with Gasteiger partial charge >= 0.3 is 0 Å². The van der Waals surface area contributed by atoms with E-state index in [0.717, 1.165) is 46.5 Å². The molecule has 0 spiro atoms. The van der Waals surface area contributed by atoms with Gasteiger partial charge < -0.3 is 13.9 Å². The molecular formula is C25H29N7O2. The van der Waals surface area contributed by atoms with Crippen molar-refractivity contribution in [1.82, 2.24) is 24.2 Å². The molecule has 0 N–H and O–H groups in total. The summed E-state index contributed by atoms with van der Waals surface area (Å²) in [6, 6.07) is 10.5. The minimum Gasteiger partial charge on any atom is -0.441 e. The van der Waals surface area contributed by atoms with Gasteiger partial charge in [-0.25, -0.2) is 4.98 Å². The molecule has 0 aliphatic carbocycles. The number of pyridine rings is 1. The standard InChI is InChI=1S/C25H29N7O2/c1-15-13-32(21-11-23(33)29(5)22-14-30(10-9-26)28-24(21)22)16(2)12-31(15)17(3)19-7-6-8-20-25(19)34-18(4)27-20/h6-8,11,14-17H,10,12-13H2,1-5H3/t15-,16+,17?/m1/s1. The predicted octanol–water partition coefficient (Wildman–Crippen LogP) is 3.37. The molecule has 4 heterocycles. The van der Waals surface area contributed by atoms with Crippen LogP contribution in [0.3, 0.4) is 0 Å². The molecule has 1 aliphatic rings. The fourth-order valence-corrected chi connectivity index (χ4v) is 5.23. The number of hydrogen-bond donors (Lipinski definition) is 0. The second kappa shape index (κ2) is 8.29. The van der Waals surface area contributed by atoms with Crippen LogP contribution in [0.25, 0.3) is 22.1 Å². The van der Waals surface area contributed by atoms with E-state index in [2.05, 4.69) is 52.8 Å². The van der Waals surface area contributed by atoms with E-state index in [1.165, 1.54) is 0 Å². The molecule has 9 heteroatoms. The van der Waals surface area contributed by atoms with Crippen LogP contribution in [0.4, 0.5) is 5.69 Å². The van der Waals surface area contributed by atoms with Crippen molar-refractivity contribution >= 4 is 27.8 Å². The molecule has 0 saturated carbocycles. The molecule has 5 rings (SSSR count). The lowest BCUT2D eigenvalue weighted by molar-refractivity contribution is 0.120. The number of oxazole rings is 1. The van der Waals surface area contributed by atoms with Crippen LogP contribution in [0.2, 0.25) is 0 Å². The largest absolute Gasteiger partial charge is 0.441 e. The van der Waals surface area contributed by atoms with Gasteiger partial charge in [-0.05, 0) is 26.8 Å². The van der Waals surface area contributed by atoms with Crippen molar-refractivity contribution in [1.29, 1.82) is 5.26 Å². The highest BCUT2D eigenvalue weighted by Crippen LogP contribution is 2.34. The average Bonchev–Trinajstić information content (AvgIpc) is 3.40. The molecule has 0 radical (unpaired) electrons. The van der Waals surface area contributed by atoms with Crippen LogP contribution in [0.5, 0.6) is 0 Å². The number of nitrogens with zero attached hydrogens (tertiary/aromatic N) is 7. The van der Waals surface area contributed by atoms with Gasteiger partial charge in [0.15, 0.2) is 11.5 Å². The Morgan fingerprint density at radius 1 is 1.26 bits per heavy atom. The van der Waals surface area contributed by atoms with Crippen LogP contribution in [0.15, 0.2) is 39.7 Å². The Morgan fingerprint density at radius 2 is 2.06 bits per heavy atom. The summed E-state index contributed by atoms with van der Waals surface area (Å²) in [7, 11) is 1.74. The maximum atomic E-state index is 12.7. The lowest BCUT2D eigenvalue weighted by atomic mass is 9.99. The third-order valence-corrected chi connectivity index (χ3v) is 7.01. The fraction of sp³-hybridized carbons (Fsp3) is 0.440. The predicted molar refractivity (Wildman–Crippen MR) is 131 cm³/mol. The molecule has 9 nitrogen and oxygen atoms in total. The highest BCUT2D eigenvalue weighted by atomic mass is 16.3. The maximum absolute atomic E-state index is 12.7. The van der Waals surface area contributed by atoms with Gasteiger partial charge in [-0.1, -0.05) is 12.1 Å². The van der Waals surface area contributed by atoms with Crippen molar-refractivity contribution < 1.29 is 4.42 Å². The number of benzene rings is 1. The molecule has 176 valence electrons. The van der Waals surface area contributed by atoms with E-state index >= 15 is 0 Å². The lowest BCUT2D eigenvalue weighted by Crippen LogP contribution is -2.57. The maximum Gasteiger partial charge on any atom is 0.252 e. The van der Waals surface area contributed by atoms with Gasteiger partial charge in [0.25, 0.3) is 5.56 Å². The quantitative estimate of drug-likeness (QED) is 0.462. The highest BCUT2D eigenvalue weighted by Gasteiger charge is 2.34.